The van der Waals surface area contributed by atoms with E-state index < -0.39 is 6.36 Å². The van der Waals surface area contributed by atoms with Gasteiger partial charge in [-0.15, -0.1) is 13.2 Å². The van der Waals surface area contributed by atoms with Crippen molar-refractivity contribution in [3.63, 3.8) is 0 Å². The van der Waals surface area contributed by atoms with Crippen molar-refractivity contribution in [2.45, 2.75) is 50.7 Å². The van der Waals surface area contributed by atoms with Gasteiger partial charge in [0.2, 0.25) is 0 Å². The Morgan fingerprint density at radius 2 is 1.95 bits per heavy atom. The number of rotatable bonds is 6. The van der Waals surface area contributed by atoms with Crippen LogP contribution in [0.3, 0.4) is 0 Å². The largest absolute Gasteiger partial charge is 0.573 e. The number of aromatic nitrogens is 3. The zero-order valence-corrected chi connectivity index (χ0v) is 21.7. The van der Waals surface area contributed by atoms with Crippen LogP contribution in [0.4, 0.5) is 13.2 Å². The number of oxime groups is 1. The number of aromatic amines is 1. The van der Waals surface area contributed by atoms with Crippen LogP contribution in [-0.2, 0) is 29.1 Å². The van der Waals surface area contributed by atoms with E-state index in [0.29, 0.717) is 43.7 Å². The van der Waals surface area contributed by atoms with Gasteiger partial charge >= 0.3 is 6.36 Å². The van der Waals surface area contributed by atoms with Gasteiger partial charge in [0, 0.05) is 77.4 Å². The van der Waals surface area contributed by atoms with E-state index in [4.69, 9.17) is 4.84 Å². The lowest BCUT2D eigenvalue weighted by Crippen LogP contribution is -2.48. The van der Waals surface area contributed by atoms with Crippen molar-refractivity contribution in [2.24, 2.45) is 10.1 Å². The monoisotopic (exact) mass is 558 g/mol. The summed E-state index contributed by atoms with van der Waals surface area (Å²) in [6.45, 7) is 4.02. The minimum absolute atomic E-state index is 0.131. The molecule has 0 unspecified atom stereocenters. The third kappa shape index (κ3) is 5.96. The lowest BCUT2D eigenvalue weighted by molar-refractivity contribution is -0.274. The van der Waals surface area contributed by atoms with Gasteiger partial charge in [0.05, 0.1) is 22.7 Å². The summed E-state index contributed by atoms with van der Waals surface area (Å²) in [6, 6.07) is 5.79. The number of aliphatic imine (C=N–C) groups is 1. The van der Waals surface area contributed by atoms with Crippen LogP contribution in [0, 0.1) is 0 Å². The van der Waals surface area contributed by atoms with Gasteiger partial charge in [0.15, 0.2) is 0 Å². The molecule has 1 spiro atoms. The Morgan fingerprint density at radius 1 is 1.12 bits per heavy atom. The van der Waals surface area contributed by atoms with Crippen LogP contribution in [0.25, 0.3) is 0 Å². The third-order valence-corrected chi connectivity index (χ3v) is 7.58. The molecule has 0 saturated carbocycles. The van der Waals surface area contributed by atoms with Crippen molar-refractivity contribution < 1.29 is 27.5 Å². The first-order valence-electron chi connectivity index (χ1n) is 13.2. The summed E-state index contributed by atoms with van der Waals surface area (Å²) >= 11 is 0. The number of H-pyrrole nitrogens is 1. The Morgan fingerprint density at radius 3 is 2.77 bits per heavy atom. The number of alkyl halides is 3. The van der Waals surface area contributed by atoms with E-state index in [2.05, 4.69) is 35.2 Å². The Hall–Kier alpha value is -3.94. The number of nitrogens with zero attached hydrogens (tertiary/aromatic N) is 7. The number of hydrogen-bond acceptors (Lipinski definition) is 9. The van der Waals surface area contributed by atoms with Gasteiger partial charge in [-0.05, 0) is 17.7 Å². The number of carbonyl (C=O) groups is 1. The van der Waals surface area contributed by atoms with Crippen molar-refractivity contribution in [2.75, 3.05) is 32.8 Å². The minimum atomic E-state index is -4.76. The number of carbonyl (C=O) groups excluding carboxylic acids is 1. The highest BCUT2D eigenvalue weighted by atomic mass is 19.4. The number of likely N-dealkylation sites (tertiary alicyclic amines) is 1. The highest BCUT2D eigenvalue weighted by molar-refractivity contribution is 6.12. The maximum Gasteiger partial charge on any atom is 0.573 e. The molecule has 40 heavy (non-hydrogen) atoms. The molecule has 4 aliphatic rings. The Kier molecular flexibility index (Phi) is 6.94. The van der Waals surface area contributed by atoms with Crippen LogP contribution in [0.1, 0.15) is 36.2 Å². The van der Waals surface area contributed by atoms with E-state index in [-0.39, 0.29) is 23.8 Å². The zero-order valence-electron chi connectivity index (χ0n) is 21.7. The Labute approximate surface area is 228 Å². The molecule has 2 aromatic rings. The van der Waals surface area contributed by atoms with E-state index in [1.54, 1.807) is 28.3 Å². The first-order valence-corrected chi connectivity index (χ1v) is 13.2. The van der Waals surface area contributed by atoms with Crippen LogP contribution in [0.2, 0.25) is 0 Å². The van der Waals surface area contributed by atoms with Gasteiger partial charge in [-0.2, -0.15) is 15.4 Å². The van der Waals surface area contributed by atoms with Gasteiger partial charge < -0.3 is 19.4 Å². The number of piperidine rings is 1. The number of hydrogen-bond donors (Lipinski definition) is 1. The Balaban J connectivity index is 1.00. The molecule has 11 nitrogen and oxygen atoms in total. The van der Waals surface area contributed by atoms with E-state index in [9.17, 15) is 18.0 Å². The summed E-state index contributed by atoms with van der Waals surface area (Å²) in [5.74, 6) is -0.414. The number of halogens is 3. The molecule has 0 radical (unpaired) electrons. The van der Waals surface area contributed by atoms with Crippen LogP contribution >= 0.6 is 0 Å². The standard InChI is InChI=1S/C26H29F3N8O3/c27-26(28,29)39-21-3-1-2-18(10-21)13-36-14-19(12-30-17-36)24(38)37-8-5-25(6-9-37)11-20(33-40-25)15-35-7-4-22-23(16-35)32-34-31-22/h1-3,10,12,14H,4-9,11,13,15-17H2,(H,31,32,34). The van der Waals surface area contributed by atoms with Crippen molar-refractivity contribution >= 4 is 17.8 Å². The quantitative estimate of drug-likeness (QED) is 0.580. The second kappa shape index (κ2) is 10.6. The molecule has 5 heterocycles. The molecule has 0 aliphatic carbocycles. The van der Waals surface area contributed by atoms with Crippen molar-refractivity contribution in [1.29, 1.82) is 0 Å². The van der Waals surface area contributed by atoms with Crippen LogP contribution in [-0.4, -0.2) is 92.8 Å². The fourth-order valence-corrected chi connectivity index (χ4v) is 5.60. The van der Waals surface area contributed by atoms with E-state index >= 15 is 0 Å². The molecule has 6 rings (SSSR count). The predicted molar refractivity (Wildman–Crippen MR) is 137 cm³/mol. The number of nitrogens with one attached hydrogen (secondary N) is 1. The van der Waals surface area contributed by atoms with E-state index in [1.165, 1.54) is 18.2 Å². The molecular formula is C26H29F3N8O3. The van der Waals surface area contributed by atoms with E-state index in [0.717, 1.165) is 49.6 Å². The summed E-state index contributed by atoms with van der Waals surface area (Å²) in [5, 5.41) is 15.5. The predicted octanol–water partition coefficient (Wildman–Crippen LogP) is 2.63. The van der Waals surface area contributed by atoms with Gasteiger partial charge in [-0.25, -0.2) is 0 Å². The summed E-state index contributed by atoms with van der Waals surface area (Å²) in [5.41, 5.74) is 3.68. The van der Waals surface area contributed by atoms with E-state index in [1.807, 2.05) is 0 Å². The number of fused-ring (bicyclic) bond motifs is 1. The highest BCUT2D eigenvalue weighted by Gasteiger charge is 2.43. The molecule has 1 saturated heterocycles. The SMILES string of the molecule is O=C(C1=CN(Cc2cccc(OC(F)(F)F)c2)CN=C1)N1CCC2(CC1)CC(CN1CCc3n[nH]nc3C1)=NO2. The van der Waals surface area contributed by atoms with Crippen molar-refractivity contribution in [3.8, 4) is 5.75 Å². The fraction of sp³-hybridized carbons (Fsp3) is 0.500. The van der Waals surface area contributed by atoms with Crippen LogP contribution < -0.4 is 4.74 Å². The normalized spacial score (nSPS) is 20.7. The lowest BCUT2D eigenvalue weighted by atomic mass is 9.86. The van der Waals surface area contributed by atoms with Crippen LogP contribution in [0.5, 0.6) is 5.75 Å². The molecule has 212 valence electrons. The minimum Gasteiger partial charge on any atom is -0.406 e. The first-order chi connectivity index (χ1) is 19.2. The topological polar surface area (TPSA) is 112 Å². The number of benzene rings is 1. The molecule has 0 atom stereocenters. The molecule has 14 heteroatoms. The summed E-state index contributed by atoms with van der Waals surface area (Å²) in [7, 11) is 0. The summed E-state index contributed by atoms with van der Waals surface area (Å²) in [6.07, 6.45) is 1.47. The molecule has 1 aromatic heterocycles. The summed E-state index contributed by atoms with van der Waals surface area (Å²) in [4.78, 5) is 29.4. The first kappa shape index (κ1) is 26.3. The van der Waals surface area contributed by atoms with Gasteiger partial charge in [0.1, 0.15) is 18.0 Å². The van der Waals surface area contributed by atoms with Gasteiger partial charge in [0.25, 0.3) is 5.91 Å². The number of ether oxygens (including phenoxy) is 1. The van der Waals surface area contributed by atoms with Crippen molar-refractivity contribution in [1.82, 2.24) is 30.1 Å². The van der Waals surface area contributed by atoms with Crippen LogP contribution in [0.15, 0.2) is 46.2 Å². The molecule has 1 aromatic carbocycles. The molecule has 1 N–H and O–H groups in total. The van der Waals surface area contributed by atoms with Gasteiger partial charge in [-0.1, -0.05) is 17.3 Å². The molecule has 1 amide bonds. The number of amides is 1. The fourth-order valence-electron chi connectivity index (χ4n) is 5.60. The molecular weight excluding hydrogens is 529 g/mol. The molecule has 1 fully saturated rings. The zero-order chi connectivity index (χ0) is 27.7. The lowest BCUT2D eigenvalue weighted by Gasteiger charge is -2.37. The highest BCUT2D eigenvalue weighted by Crippen LogP contribution is 2.35. The Bertz CT molecular complexity index is 1350. The molecule has 4 aliphatic heterocycles. The smallest absolute Gasteiger partial charge is 0.406 e. The summed E-state index contributed by atoms with van der Waals surface area (Å²) < 4.78 is 41.7. The average molecular weight is 559 g/mol. The van der Waals surface area contributed by atoms with Gasteiger partial charge in [-0.3, -0.25) is 14.7 Å². The molecule has 0 bridgehead atoms. The average Bonchev–Trinajstić information content (AvgIpc) is 3.55. The van der Waals surface area contributed by atoms with Crippen molar-refractivity contribution in [3.05, 3.63) is 53.0 Å². The second-order valence-corrected chi connectivity index (χ2v) is 10.6. The third-order valence-electron chi connectivity index (χ3n) is 7.58. The maximum absolute atomic E-state index is 13.3. The second-order valence-electron chi connectivity index (χ2n) is 10.6. The maximum atomic E-state index is 13.3.